The second-order valence-corrected chi connectivity index (χ2v) is 7.14. The van der Waals surface area contributed by atoms with Gasteiger partial charge in [0.15, 0.2) is 0 Å². The fraction of sp³-hybridized carbons (Fsp3) is 0.647. The SMILES string of the molecule is CCCCCCCCCCCONc1ccccc1S(=O)(=O)O. The number of nitrogens with one attached hydrogen (secondary N) is 1. The Labute approximate surface area is 140 Å². The Kier molecular flexibility index (Phi) is 9.91. The summed E-state index contributed by atoms with van der Waals surface area (Å²) in [7, 11) is -4.24. The first-order chi connectivity index (χ1) is 11.1. The van der Waals surface area contributed by atoms with Gasteiger partial charge in [0.05, 0.1) is 12.3 Å². The van der Waals surface area contributed by atoms with Gasteiger partial charge in [0, 0.05) is 0 Å². The van der Waals surface area contributed by atoms with Crippen LogP contribution >= 0.6 is 0 Å². The molecule has 132 valence electrons. The van der Waals surface area contributed by atoms with Crippen LogP contribution in [-0.2, 0) is 15.0 Å². The van der Waals surface area contributed by atoms with E-state index in [0.29, 0.717) is 6.61 Å². The highest BCUT2D eigenvalue weighted by atomic mass is 32.2. The van der Waals surface area contributed by atoms with Gasteiger partial charge in [-0.15, -0.1) is 0 Å². The number of unbranched alkanes of at least 4 members (excludes halogenated alkanes) is 8. The van der Waals surface area contributed by atoms with Crippen molar-refractivity contribution in [1.82, 2.24) is 0 Å². The summed E-state index contributed by atoms with van der Waals surface area (Å²) < 4.78 is 31.6. The average molecular weight is 343 g/mol. The summed E-state index contributed by atoms with van der Waals surface area (Å²) in [5.74, 6) is 0. The van der Waals surface area contributed by atoms with Crippen molar-refractivity contribution in [1.29, 1.82) is 0 Å². The predicted molar refractivity (Wildman–Crippen MR) is 93.1 cm³/mol. The highest BCUT2D eigenvalue weighted by molar-refractivity contribution is 7.86. The molecule has 1 aromatic carbocycles. The molecule has 0 aliphatic rings. The van der Waals surface area contributed by atoms with E-state index in [1.807, 2.05) is 0 Å². The largest absolute Gasteiger partial charge is 0.296 e. The van der Waals surface area contributed by atoms with Crippen LogP contribution < -0.4 is 5.48 Å². The molecule has 0 aliphatic carbocycles. The Morgan fingerprint density at radius 3 is 2.13 bits per heavy atom. The monoisotopic (exact) mass is 343 g/mol. The van der Waals surface area contributed by atoms with Gasteiger partial charge in [-0.2, -0.15) is 8.42 Å². The smallest absolute Gasteiger partial charge is 0.282 e. The quantitative estimate of drug-likeness (QED) is 0.305. The summed E-state index contributed by atoms with van der Waals surface area (Å²) in [6.07, 6.45) is 11.1. The van der Waals surface area contributed by atoms with Gasteiger partial charge in [-0.3, -0.25) is 14.9 Å². The van der Waals surface area contributed by atoms with E-state index in [1.54, 1.807) is 18.2 Å². The lowest BCUT2D eigenvalue weighted by atomic mass is 10.1. The van der Waals surface area contributed by atoms with Crippen molar-refractivity contribution in [2.24, 2.45) is 0 Å². The van der Waals surface area contributed by atoms with Crippen molar-refractivity contribution >= 4 is 15.8 Å². The van der Waals surface area contributed by atoms with Crippen molar-refractivity contribution in [2.45, 2.75) is 69.6 Å². The van der Waals surface area contributed by atoms with Crippen LogP contribution in [0.5, 0.6) is 0 Å². The molecule has 0 saturated carbocycles. The van der Waals surface area contributed by atoms with E-state index in [9.17, 15) is 8.42 Å². The van der Waals surface area contributed by atoms with Crippen LogP contribution in [0.3, 0.4) is 0 Å². The first-order valence-electron chi connectivity index (χ1n) is 8.50. The maximum atomic E-state index is 11.2. The van der Waals surface area contributed by atoms with E-state index < -0.39 is 10.1 Å². The molecular formula is C17H29NO4S. The Morgan fingerprint density at radius 2 is 1.52 bits per heavy atom. The van der Waals surface area contributed by atoms with Crippen molar-refractivity contribution in [3.63, 3.8) is 0 Å². The second kappa shape index (κ2) is 11.4. The molecule has 0 amide bonds. The number of rotatable bonds is 13. The summed E-state index contributed by atoms with van der Waals surface area (Å²) in [6, 6.07) is 6.12. The molecule has 5 nitrogen and oxygen atoms in total. The standard InChI is InChI=1S/C17H29NO4S/c1-2-3-4-5-6-7-8-9-12-15-22-18-16-13-10-11-14-17(16)23(19,20)21/h10-11,13-14,18H,2-9,12,15H2,1H3,(H,19,20,21). The first-order valence-corrected chi connectivity index (χ1v) is 9.94. The Balaban J connectivity index is 2.10. The minimum atomic E-state index is -4.24. The molecule has 2 N–H and O–H groups in total. The maximum absolute atomic E-state index is 11.2. The number of para-hydroxylation sites is 1. The number of hydrogen-bond acceptors (Lipinski definition) is 4. The van der Waals surface area contributed by atoms with Crippen molar-refractivity contribution in [2.75, 3.05) is 12.1 Å². The van der Waals surface area contributed by atoms with E-state index in [2.05, 4.69) is 12.4 Å². The number of anilines is 1. The zero-order valence-electron chi connectivity index (χ0n) is 14.0. The molecular weight excluding hydrogens is 314 g/mol. The van der Waals surface area contributed by atoms with Crippen LogP contribution in [-0.4, -0.2) is 19.6 Å². The van der Waals surface area contributed by atoms with Crippen LogP contribution in [0.1, 0.15) is 64.7 Å². The Hall–Kier alpha value is -1.11. The molecule has 0 heterocycles. The van der Waals surface area contributed by atoms with Gasteiger partial charge in [-0.1, -0.05) is 70.4 Å². The van der Waals surface area contributed by atoms with Gasteiger partial charge in [-0.05, 0) is 18.6 Å². The maximum Gasteiger partial charge on any atom is 0.296 e. The van der Waals surface area contributed by atoms with Gasteiger partial charge in [-0.25, -0.2) is 0 Å². The lowest BCUT2D eigenvalue weighted by Crippen LogP contribution is -2.08. The molecule has 0 aromatic heterocycles. The number of benzene rings is 1. The third-order valence-electron chi connectivity index (χ3n) is 3.70. The molecule has 0 spiro atoms. The lowest BCUT2D eigenvalue weighted by Gasteiger charge is -2.10. The lowest BCUT2D eigenvalue weighted by molar-refractivity contribution is 0.186. The van der Waals surface area contributed by atoms with E-state index in [1.165, 1.54) is 51.0 Å². The molecule has 23 heavy (non-hydrogen) atoms. The average Bonchev–Trinajstić information content (AvgIpc) is 2.52. The zero-order chi connectivity index (χ0) is 17.0. The molecule has 0 bridgehead atoms. The van der Waals surface area contributed by atoms with E-state index >= 15 is 0 Å². The fourth-order valence-electron chi connectivity index (χ4n) is 2.39. The molecule has 6 heteroatoms. The van der Waals surface area contributed by atoms with Gasteiger partial charge in [0.1, 0.15) is 4.90 Å². The predicted octanol–water partition coefficient (Wildman–Crippen LogP) is 4.81. The minimum absolute atomic E-state index is 0.174. The highest BCUT2D eigenvalue weighted by Gasteiger charge is 2.14. The Morgan fingerprint density at radius 1 is 0.957 bits per heavy atom. The molecule has 0 aliphatic heterocycles. The third-order valence-corrected chi connectivity index (χ3v) is 4.61. The summed E-state index contributed by atoms with van der Waals surface area (Å²) in [4.78, 5) is 5.12. The zero-order valence-corrected chi connectivity index (χ0v) is 14.8. The third kappa shape index (κ3) is 8.93. The van der Waals surface area contributed by atoms with Crippen molar-refractivity contribution in [3.8, 4) is 0 Å². The van der Waals surface area contributed by atoms with Crippen LogP contribution in [0.2, 0.25) is 0 Å². The topological polar surface area (TPSA) is 75.6 Å². The van der Waals surface area contributed by atoms with Gasteiger partial charge < -0.3 is 0 Å². The summed E-state index contributed by atoms with van der Waals surface area (Å²) in [6.45, 7) is 2.73. The molecule has 0 saturated heterocycles. The normalized spacial score (nSPS) is 11.6. The molecule has 0 fully saturated rings. The van der Waals surface area contributed by atoms with Crippen LogP contribution in [0.25, 0.3) is 0 Å². The number of hydrogen-bond donors (Lipinski definition) is 2. The second-order valence-electron chi connectivity index (χ2n) is 5.75. The van der Waals surface area contributed by atoms with Crippen LogP contribution in [0.4, 0.5) is 5.69 Å². The van der Waals surface area contributed by atoms with Crippen molar-refractivity contribution < 1.29 is 17.8 Å². The highest BCUT2D eigenvalue weighted by Crippen LogP contribution is 2.20. The summed E-state index contributed by atoms with van der Waals surface area (Å²) in [5, 5.41) is 0. The fourth-order valence-corrected chi connectivity index (χ4v) is 3.03. The van der Waals surface area contributed by atoms with E-state index in [-0.39, 0.29) is 10.6 Å². The van der Waals surface area contributed by atoms with Gasteiger partial charge in [0.2, 0.25) is 0 Å². The van der Waals surface area contributed by atoms with Crippen molar-refractivity contribution in [3.05, 3.63) is 24.3 Å². The molecule has 0 atom stereocenters. The van der Waals surface area contributed by atoms with E-state index in [4.69, 9.17) is 9.39 Å². The Bertz CT molecular complexity index is 531. The molecule has 0 radical (unpaired) electrons. The van der Waals surface area contributed by atoms with E-state index in [0.717, 1.165) is 12.8 Å². The molecule has 1 rings (SSSR count). The summed E-state index contributed by atoms with van der Waals surface area (Å²) >= 11 is 0. The molecule has 1 aromatic rings. The first kappa shape index (κ1) is 19.9. The van der Waals surface area contributed by atoms with Crippen LogP contribution in [0.15, 0.2) is 29.2 Å². The summed E-state index contributed by atoms with van der Waals surface area (Å²) in [5.41, 5.74) is 2.86. The van der Waals surface area contributed by atoms with Gasteiger partial charge >= 0.3 is 0 Å². The van der Waals surface area contributed by atoms with Gasteiger partial charge in [0.25, 0.3) is 10.1 Å². The van der Waals surface area contributed by atoms with Crippen LogP contribution in [0, 0.1) is 0 Å². The minimum Gasteiger partial charge on any atom is -0.282 e. The molecule has 0 unspecified atom stereocenters.